The van der Waals surface area contributed by atoms with Gasteiger partial charge in [0.15, 0.2) is 6.10 Å². The first kappa shape index (κ1) is 30.2. The van der Waals surface area contributed by atoms with Crippen LogP contribution in [-0.2, 0) is 33.9 Å². The molecule has 5 N–H and O–H groups in total. The van der Waals surface area contributed by atoms with E-state index in [0.717, 1.165) is 11.1 Å². The molecule has 0 saturated carbocycles. The summed E-state index contributed by atoms with van der Waals surface area (Å²) in [4.78, 5) is 38.8. The van der Waals surface area contributed by atoms with Gasteiger partial charge in [-0.15, -0.1) is 0 Å². The molecule has 3 aromatic rings. The minimum atomic E-state index is -1.58. The van der Waals surface area contributed by atoms with E-state index in [1.807, 2.05) is 74.5 Å². The number of nitrogens with one attached hydrogen (secondary N) is 3. The molecule has 0 aromatic heterocycles. The third-order valence-electron chi connectivity index (χ3n) is 6.21. The van der Waals surface area contributed by atoms with Crippen LogP contribution < -0.4 is 16.0 Å². The van der Waals surface area contributed by atoms with Gasteiger partial charge in [-0.2, -0.15) is 0 Å². The fraction of sp³-hybridized carbons (Fsp3) is 0.323. The third kappa shape index (κ3) is 10.1. The number of aliphatic hydroxyl groups excluding tert-OH is 1. The summed E-state index contributed by atoms with van der Waals surface area (Å²) in [6, 6.07) is 22.7. The molecule has 0 aliphatic rings. The lowest BCUT2D eigenvalue weighted by molar-refractivity contribution is -0.132. The van der Waals surface area contributed by atoms with Gasteiger partial charge < -0.3 is 30.9 Å². The number of aromatic hydroxyl groups is 1. The average molecular weight is 548 g/mol. The second-order valence-electron chi connectivity index (χ2n) is 10.0. The second kappa shape index (κ2) is 15.3. The van der Waals surface area contributed by atoms with Crippen LogP contribution in [-0.4, -0.2) is 46.3 Å². The van der Waals surface area contributed by atoms with Crippen LogP contribution in [0, 0.1) is 5.92 Å². The number of hydrogen-bond donors (Lipinski definition) is 5. The van der Waals surface area contributed by atoms with Crippen molar-refractivity contribution in [1.29, 1.82) is 0 Å². The number of ether oxygens (including phenoxy) is 1. The molecule has 0 heterocycles. The van der Waals surface area contributed by atoms with E-state index in [0.29, 0.717) is 12.0 Å². The fourth-order valence-corrected chi connectivity index (χ4v) is 4.09. The molecule has 40 heavy (non-hydrogen) atoms. The molecule has 0 fully saturated rings. The molecular formula is C31H37N3O6. The van der Waals surface area contributed by atoms with E-state index >= 15 is 0 Å². The molecule has 0 aliphatic carbocycles. The number of phenols is 1. The van der Waals surface area contributed by atoms with Crippen molar-refractivity contribution in [2.75, 3.05) is 0 Å². The van der Waals surface area contributed by atoms with E-state index in [1.165, 1.54) is 12.1 Å². The van der Waals surface area contributed by atoms with Crippen LogP contribution in [0.5, 0.6) is 5.75 Å². The topological polar surface area (TPSA) is 137 Å². The smallest absolute Gasteiger partial charge is 0.408 e. The van der Waals surface area contributed by atoms with Gasteiger partial charge in [0.2, 0.25) is 5.91 Å². The van der Waals surface area contributed by atoms with Crippen LogP contribution in [0.1, 0.15) is 37.0 Å². The zero-order valence-corrected chi connectivity index (χ0v) is 22.7. The highest BCUT2D eigenvalue weighted by Gasteiger charge is 2.31. The first-order valence-electron chi connectivity index (χ1n) is 13.3. The molecule has 212 valence electrons. The van der Waals surface area contributed by atoms with Gasteiger partial charge in [-0.1, -0.05) is 86.6 Å². The minimum absolute atomic E-state index is 0.0481. The predicted molar refractivity (Wildman–Crippen MR) is 151 cm³/mol. The van der Waals surface area contributed by atoms with Crippen LogP contribution in [0.4, 0.5) is 4.79 Å². The molecule has 3 rings (SSSR count). The van der Waals surface area contributed by atoms with Crippen molar-refractivity contribution in [3.63, 3.8) is 0 Å². The fourth-order valence-electron chi connectivity index (χ4n) is 4.09. The van der Waals surface area contributed by atoms with Crippen LogP contribution in [0.25, 0.3) is 0 Å². The zero-order valence-electron chi connectivity index (χ0n) is 22.7. The molecule has 0 radical (unpaired) electrons. The highest BCUT2D eigenvalue weighted by molar-refractivity contribution is 5.87. The van der Waals surface area contributed by atoms with E-state index in [2.05, 4.69) is 16.0 Å². The molecule has 0 aliphatic heterocycles. The molecule has 0 spiro atoms. The Bertz CT molecular complexity index is 1220. The standard InChI is InChI=1S/C31H37N3O6/c1-21(2)17-27(34-31(39)40-20-24-11-7-4-8-12-24)29(37)33-26(18-22-13-15-25(35)16-14-22)28(36)30(38)32-19-23-9-5-3-6-10-23/h3-16,21,26-28,35-36H,17-20H2,1-2H3,(H,32,38)(H,33,37)(H,34,39)/t26-,27-,28?/m0/s1. The summed E-state index contributed by atoms with van der Waals surface area (Å²) >= 11 is 0. The van der Waals surface area contributed by atoms with Crippen molar-refractivity contribution in [3.8, 4) is 5.75 Å². The Morgan fingerprint density at radius 1 is 0.775 bits per heavy atom. The van der Waals surface area contributed by atoms with Crippen molar-refractivity contribution in [1.82, 2.24) is 16.0 Å². The third-order valence-corrected chi connectivity index (χ3v) is 6.21. The van der Waals surface area contributed by atoms with E-state index in [9.17, 15) is 24.6 Å². The Kier molecular flexibility index (Phi) is 11.5. The molecule has 9 heteroatoms. The summed E-state index contributed by atoms with van der Waals surface area (Å²) in [5.74, 6) is -1.08. The molecule has 3 aromatic carbocycles. The maximum atomic E-state index is 13.4. The number of phenolic OH excluding ortho intramolecular Hbond substituents is 1. The van der Waals surface area contributed by atoms with Crippen LogP contribution >= 0.6 is 0 Å². The Hall–Kier alpha value is -4.37. The van der Waals surface area contributed by atoms with Gasteiger partial charge >= 0.3 is 6.09 Å². The summed E-state index contributed by atoms with van der Waals surface area (Å²) in [6.07, 6.45) is -1.90. The molecule has 0 saturated heterocycles. The number of carbonyl (C=O) groups is 3. The average Bonchev–Trinajstić information content (AvgIpc) is 2.95. The quantitative estimate of drug-likeness (QED) is 0.222. The van der Waals surface area contributed by atoms with Crippen molar-refractivity contribution in [2.24, 2.45) is 5.92 Å². The molecule has 9 nitrogen and oxygen atoms in total. The normalized spacial score (nSPS) is 13.1. The lowest BCUT2D eigenvalue weighted by Gasteiger charge is -2.27. The zero-order chi connectivity index (χ0) is 28.9. The van der Waals surface area contributed by atoms with E-state index in [4.69, 9.17) is 4.74 Å². The van der Waals surface area contributed by atoms with Crippen molar-refractivity contribution < 1.29 is 29.3 Å². The van der Waals surface area contributed by atoms with E-state index in [1.54, 1.807) is 12.1 Å². The maximum absolute atomic E-state index is 13.4. The van der Waals surface area contributed by atoms with Gasteiger partial charge in [0, 0.05) is 6.54 Å². The summed E-state index contributed by atoms with van der Waals surface area (Å²) in [5.41, 5.74) is 2.35. The van der Waals surface area contributed by atoms with E-state index < -0.39 is 36.1 Å². The highest BCUT2D eigenvalue weighted by Crippen LogP contribution is 2.14. The molecular weight excluding hydrogens is 510 g/mol. The van der Waals surface area contributed by atoms with Gasteiger partial charge in [0.05, 0.1) is 6.04 Å². The van der Waals surface area contributed by atoms with Gasteiger partial charge in [0.1, 0.15) is 18.4 Å². The van der Waals surface area contributed by atoms with Gasteiger partial charge in [0.25, 0.3) is 5.91 Å². The van der Waals surface area contributed by atoms with Gasteiger partial charge in [-0.05, 0) is 47.6 Å². The summed E-state index contributed by atoms with van der Waals surface area (Å²) < 4.78 is 5.29. The number of carbonyl (C=O) groups excluding carboxylic acids is 3. The Morgan fingerprint density at radius 3 is 1.98 bits per heavy atom. The van der Waals surface area contributed by atoms with Crippen molar-refractivity contribution in [3.05, 3.63) is 102 Å². The first-order chi connectivity index (χ1) is 19.2. The Balaban J connectivity index is 1.70. The van der Waals surface area contributed by atoms with Crippen LogP contribution in [0.15, 0.2) is 84.9 Å². The number of rotatable bonds is 13. The predicted octanol–water partition coefficient (Wildman–Crippen LogP) is 3.44. The Morgan fingerprint density at radius 2 is 1.38 bits per heavy atom. The number of benzene rings is 3. The largest absolute Gasteiger partial charge is 0.508 e. The molecule has 1 unspecified atom stereocenters. The van der Waals surface area contributed by atoms with Gasteiger partial charge in [-0.25, -0.2) is 4.79 Å². The lowest BCUT2D eigenvalue weighted by Crippen LogP contribution is -2.56. The second-order valence-corrected chi connectivity index (χ2v) is 10.0. The minimum Gasteiger partial charge on any atom is -0.508 e. The molecule has 0 bridgehead atoms. The van der Waals surface area contributed by atoms with Crippen LogP contribution in [0.3, 0.4) is 0 Å². The summed E-state index contributed by atoms with van der Waals surface area (Å²) in [7, 11) is 0. The van der Waals surface area contributed by atoms with Gasteiger partial charge in [-0.3, -0.25) is 9.59 Å². The van der Waals surface area contributed by atoms with Crippen LogP contribution in [0.2, 0.25) is 0 Å². The SMILES string of the molecule is CC(C)C[C@H](NC(=O)OCc1ccccc1)C(=O)N[C@@H](Cc1ccc(O)cc1)C(O)C(=O)NCc1ccccc1. The lowest BCUT2D eigenvalue weighted by atomic mass is 9.98. The number of hydrogen-bond acceptors (Lipinski definition) is 6. The number of aliphatic hydroxyl groups is 1. The molecule has 3 atom stereocenters. The summed E-state index contributed by atoms with van der Waals surface area (Å²) in [6.45, 7) is 4.09. The Labute approximate surface area is 234 Å². The number of amides is 3. The molecule has 3 amide bonds. The van der Waals surface area contributed by atoms with Crippen molar-refractivity contribution >= 4 is 17.9 Å². The van der Waals surface area contributed by atoms with Crippen molar-refractivity contribution in [2.45, 2.75) is 58.0 Å². The summed E-state index contributed by atoms with van der Waals surface area (Å²) in [5, 5.41) is 28.7. The monoisotopic (exact) mass is 547 g/mol. The number of alkyl carbamates (subject to hydrolysis) is 1. The first-order valence-corrected chi connectivity index (χ1v) is 13.3. The highest BCUT2D eigenvalue weighted by atomic mass is 16.5. The maximum Gasteiger partial charge on any atom is 0.408 e. The van der Waals surface area contributed by atoms with E-state index in [-0.39, 0.29) is 31.2 Å².